The molecule has 0 saturated heterocycles. The summed E-state index contributed by atoms with van der Waals surface area (Å²) in [5, 5.41) is 13.8. The second-order valence-corrected chi connectivity index (χ2v) is 3.91. The Morgan fingerprint density at radius 2 is 2.22 bits per heavy atom. The molecular weight excluding hydrogens is 234 g/mol. The van der Waals surface area contributed by atoms with Crippen molar-refractivity contribution in [1.82, 2.24) is 0 Å². The third-order valence-corrected chi connectivity index (χ3v) is 2.58. The predicted molar refractivity (Wildman–Crippen MR) is 68.3 cm³/mol. The number of nitrogen functional groups attached to an aromatic ring is 1. The maximum Gasteiger partial charge on any atom is 0.292 e. The van der Waals surface area contributed by atoms with Gasteiger partial charge in [0, 0.05) is 11.8 Å². The molecular formula is C12H13N3O3. The first kappa shape index (κ1) is 12.0. The third kappa shape index (κ3) is 2.42. The lowest BCUT2D eigenvalue weighted by molar-refractivity contribution is -0.383. The van der Waals surface area contributed by atoms with E-state index < -0.39 is 4.92 Å². The Labute approximate surface area is 104 Å². The van der Waals surface area contributed by atoms with Gasteiger partial charge in [0.15, 0.2) is 0 Å². The highest BCUT2D eigenvalue weighted by molar-refractivity contribution is 5.66. The molecule has 1 unspecified atom stereocenters. The van der Waals surface area contributed by atoms with Crippen molar-refractivity contribution >= 4 is 17.1 Å². The molecule has 6 nitrogen and oxygen atoms in total. The van der Waals surface area contributed by atoms with Crippen LogP contribution in [0.3, 0.4) is 0 Å². The number of rotatable bonds is 4. The van der Waals surface area contributed by atoms with Crippen LogP contribution in [0.1, 0.15) is 18.7 Å². The van der Waals surface area contributed by atoms with Crippen molar-refractivity contribution in [3.8, 4) is 0 Å². The molecule has 0 spiro atoms. The van der Waals surface area contributed by atoms with Crippen molar-refractivity contribution < 1.29 is 9.34 Å². The van der Waals surface area contributed by atoms with Gasteiger partial charge in [0.05, 0.1) is 17.2 Å². The number of benzene rings is 1. The summed E-state index contributed by atoms with van der Waals surface area (Å²) >= 11 is 0. The zero-order chi connectivity index (χ0) is 13.1. The molecule has 0 aliphatic heterocycles. The van der Waals surface area contributed by atoms with Crippen LogP contribution in [0.2, 0.25) is 0 Å². The first-order valence-electron chi connectivity index (χ1n) is 5.42. The third-order valence-electron chi connectivity index (χ3n) is 2.58. The average Bonchev–Trinajstić information content (AvgIpc) is 2.81. The predicted octanol–water partition coefficient (Wildman–Crippen LogP) is 2.94. The van der Waals surface area contributed by atoms with E-state index in [4.69, 9.17) is 10.2 Å². The zero-order valence-electron chi connectivity index (χ0n) is 9.79. The minimum absolute atomic E-state index is 0.0409. The number of hydrogen-bond acceptors (Lipinski definition) is 5. The first-order valence-corrected chi connectivity index (χ1v) is 5.42. The molecule has 1 heterocycles. The van der Waals surface area contributed by atoms with E-state index in [-0.39, 0.29) is 17.4 Å². The molecule has 94 valence electrons. The number of furan rings is 1. The summed E-state index contributed by atoms with van der Waals surface area (Å²) in [6.07, 6.45) is 1.59. The summed E-state index contributed by atoms with van der Waals surface area (Å²) in [6.45, 7) is 1.93. The van der Waals surface area contributed by atoms with Crippen molar-refractivity contribution in [3.05, 3.63) is 52.5 Å². The maximum absolute atomic E-state index is 10.6. The molecule has 1 aromatic heterocycles. The number of nitro groups is 1. The van der Waals surface area contributed by atoms with Gasteiger partial charge >= 0.3 is 0 Å². The van der Waals surface area contributed by atoms with Gasteiger partial charge in [0.25, 0.3) is 5.69 Å². The SMILES string of the molecule is CC(Nc1ccc([N+](=O)[O-])c(N)c1)c1ccco1. The maximum atomic E-state index is 10.6. The van der Waals surface area contributed by atoms with Crippen LogP contribution in [0.25, 0.3) is 0 Å². The summed E-state index contributed by atoms with van der Waals surface area (Å²) in [7, 11) is 0. The molecule has 0 aliphatic carbocycles. The van der Waals surface area contributed by atoms with Crippen molar-refractivity contribution in [1.29, 1.82) is 0 Å². The summed E-state index contributed by atoms with van der Waals surface area (Å²) in [4.78, 5) is 10.1. The van der Waals surface area contributed by atoms with Crippen LogP contribution in [0.4, 0.5) is 17.1 Å². The molecule has 3 N–H and O–H groups in total. The lowest BCUT2D eigenvalue weighted by Crippen LogP contribution is -2.06. The second kappa shape index (κ2) is 4.79. The van der Waals surface area contributed by atoms with Crippen molar-refractivity contribution in [2.24, 2.45) is 0 Å². The Hall–Kier alpha value is -2.50. The van der Waals surface area contributed by atoms with Crippen LogP contribution in [0, 0.1) is 10.1 Å². The Morgan fingerprint density at radius 3 is 2.78 bits per heavy atom. The van der Waals surface area contributed by atoms with E-state index in [0.717, 1.165) is 5.76 Å². The molecule has 0 fully saturated rings. The molecule has 0 saturated carbocycles. The van der Waals surface area contributed by atoms with Gasteiger partial charge in [-0.15, -0.1) is 0 Å². The van der Waals surface area contributed by atoms with Crippen molar-refractivity contribution in [3.63, 3.8) is 0 Å². The average molecular weight is 247 g/mol. The Morgan fingerprint density at radius 1 is 1.44 bits per heavy atom. The number of nitrogens with two attached hydrogens (primary N) is 1. The number of anilines is 2. The van der Waals surface area contributed by atoms with E-state index in [1.54, 1.807) is 18.4 Å². The zero-order valence-corrected chi connectivity index (χ0v) is 9.79. The van der Waals surface area contributed by atoms with Gasteiger partial charge in [-0.05, 0) is 31.2 Å². The fourth-order valence-electron chi connectivity index (χ4n) is 1.67. The minimum atomic E-state index is -0.505. The molecule has 1 aromatic carbocycles. The molecule has 6 heteroatoms. The number of nitrogens with one attached hydrogen (secondary N) is 1. The normalized spacial score (nSPS) is 12.1. The molecule has 1 atom stereocenters. The summed E-state index contributed by atoms with van der Waals surface area (Å²) in [5.41, 5.74) is 6.37. The minimum Gasteiger partial charge on any atom is -0.467 e. The van der Waals surface area contributed by atoms with Crippen LogP contribution in [-0.4, -0.2) is 4.92 Å². The highest BCUT2D eigenvalue weighted by Gasteiger charge is 2.13. The van der Waals surface area contributed by atoms with E-state index in [9.17, 15) is 10.1 Å². The number of nitrogens with zero attached hydrogens (tertiary/aromatic N) is 1. The van der Waals surface area contributed by atoms with Crippen LogP contribution in [0.15, 0.2) is 41.0 Å². The van der Waals surface area contributed by atoms with E-state index in [2.05, 4.69) is 5.32 Å². The van der Waals surface area contributed by atoms with Gasteiger partial charge in [-0.25, -0.2) is 0 Å². The van der Waals surface area contributed by atoms with Gasteiger partial charge in [0.2, 0.25) is 0 Å². The van der Waals surface area contributed by atoms with Crippen LogP contribution < -0.4 is 11.1 Å². The summed E-state index contributed by atoms with van der Waals surface area (Å²) in [5.74, 6) is 0.784. The standard InChI is InChI=1S/C12H13N3O3/c1-8(12-3-2-6-18-12)14-9-4-5-11(15(16)17)10(13)7-9/h2-8,14H,13H2,1H3. The topological polar surface area (TPSA) is 94.3 Å². The van der Waals surface area contributed by atoms with Gasteiger partial charge in [-0.3, -0.25) is 10.1 Å². The van der Waals surface area contributed by atoms with Crippen LogP contribution in [-0.2, 0) is 0 Å². The summed E-state index contributed by atoms with van der Waals surface area (Å²) in [6, 6.07) is 8.16. The largest absolute Gasteiger partial charge is 0.467 e. The van der Waals surface area contributed by atoms with Gasteiger partial charge in [-0.1, -0.05) is 0 Å². The highest BCUT2D eigenvalue weighted by atomic mass is 16.6. The lowest BCUT2D eigenvalue weighted by atomic mass is 10.2. The Kier molecular flexibility index (Phi) is 3.18. The van der Waals surface area contributed by atoms with Crippen molar-refractivity contribution in [2.75, 3.05) is 11.1 Å². The molecule has 0 aliphatic rings. The van der Waals surface area contributed by atoms with Gasteiger partial charge < -0.3 is 15.5 Å². The Bertz CT molecular complexity index is 552. The highest BCUT2D eigenvalue weighted by Crippen LogP contribution is 2.27. The molecule has 0 bridgehead atoms. The molecule has 0 radical (unpaired) electrons. The monoisotopic (exact) mass is 247 g/mol. The first-order chi connectivity index (χ1) is 8.58. The van der Waals surface area contributed by atoms with E-state index in [1.165, 1.54) is 12.1 Å². The second-order valence-electron chi connectivity index (χ2n) is 3.91. The van der Waals surface area contributed by atoms with Crippen LogP contribution >= 0.6 is 0 Å². The molecule has 0 amide bonds. The van der Waals surface area contributed by atoms with E-state index >= 15 is 0 Å². The quantitative estimate of drug-likeness (QED) is 0.492. The smallest absolute Gasteiger partial charge is 0.292 e. The summed E-state index contributed by atoms with van der Waals surface area (Å²) < 4.78 is 5.26. The molecule has 18 heavy (non-hydrogen) atoms. The van der Waals surface area contributed by atoms with E-state index in [1.807, 2.05) is 13.0 Å². The Balaban J connectivity index is 2.15. The number of hydrogen-bond donors (Lipinski definition) is 2. The van der Waals surface area contributed by atoms with E-state index in [0.29, 0.717) is 5.69 Å². The van der Waals surface area contributed by atoms with Crippen molar-refractivity contribution in [2.45, 2.75) is 13.0 Å². The lowest BCUT2D eigenvalue weighted by Gasteiger charge is -2.13. The van der Waals surface area contributed by atoms with Gasteiger partial charge in [-0.2, -0.15) is 0 Å². The van der Waals surface area contributed by atoms with Gasteiger partial charge in [0.1, 0.15) is 11.4 Å². The fraction of sp³-hybridized carbons (Fsp3) is 0.167. The fourth-order valence-corrected chi connectivity index (χ4v) is 1.67. The molecule has 2 rings (SSSR count). The number of nitro benzene ring substituents is 1. The molecule has 2 aromatic rings. The van der Waals surface area contributed by atoms with Crippen LogP contribution in [0.5, 0.6) is 0 Å².